The number of anilines is 1. The Kier molecular flexibility index (Phi) is 3.63. The second-order valence-electron chi connectivity index (χ2n) is 2.78. The summed E-state index contributed by atoms with van der Waals surface area (Å²) in [5, 5.41) is 1.63. The Balaban J connectivity index is 2.35. The molecule has 2 N–H and O–H groups in total. The lowest BCUT2D eigenvalue weighted by Crippen LogP contribution is -1.95. The van der Waals surface area contributed by atoms with Crippen molar-refractivity contribution in [2.24, 2.45) is 0 Å². The van der Waals surface area contributed by atoms with Gasteiger partial charge in [-0.2, -0.15) is 0 Å². The van der Waals surface area contributed by atoms with Gasteiger partial charge in [-0.05, 0) is 39.8 Å². The van der Waals surface area contributed by atoms with E-state index in [0.29, 0.717) is 10.7 Å². The molecule has 0 saturated heterocycles. The first-order valence-corrected chi connectivity index (χ1v) is 6.21. The van der Waals surface area contributed by atoms with E-state index < -0.39 is 0 Å². The molecule has 0 unspecified atom stereocenters. The third kappa shape index (κ3) is 2.45. The van der Waals surface area contributed by atoms with Crippen LogP contribution in [0.1, 0.15) is 0 Å². The minimum absolute atomic E-state index is 0.254. The van der Waals surface area contributed by atoms with Crippen LogP contribution >= 0.6 is 39.3 Å². The molecule has 0 saturated carbocycles. The van der Waals surface area contributed by atoms with Gasteiger partial charge in [0.1, 0.15) is 22.1 Å². The molecule has 0 spiro atoms. The molecule has 16 heavy (non-hydrogen) atoms. The molecule has 0 aliphatic carbocycles. The molecule has 0 aromatic carbocycles. The average Bonchev–Trinajstić information content (AvgIpc) is 2.28. The summed E-state index contributed by atoms with van der Waals surface area (Å²) in [6.45, 7) is 0. The Labute approximate surface area is 110 Å². The number of nitrogens with two attached hydrogens (primary N) is 1. The highest BCUT2D eigenvalue weighted by atomic mass is 79.9. The topological polar surface area (TPSA) is 64.7 Å². The molecule has 7 heteroatoms. The predicted octanol–water partition coefficient (Wildman–Crippen LogP) is 3.02. The van der Waals surface area contributed by atoms with Crippen molar-refractivity contribution in [2.75, 3.05) is 5.73 Å². The Morgan fingerprint density at radius 3 is 2.81 bits per heavy atom. The maximum absolute atomic E-state index is 5.80. The minimum atomic E-state index is 0.254. The van der Waals surface area contributed by atoms with Gasteiger partial charge in [0.15, 0.2) is 5.15 Å². The van der Waals surface area contributed by atoms with Crippen molar-refractivity contribution in [3.63, 3.8) is 0 Å². The zero-order valence-corrected chi connectivity index (χ0v) is 11.1. The van der Waals surface area contributed by atoms with E-state index in [9.17, 15) is 0 Å². The third-order valence-corrected chi connectivity index (χ3v) is 3.96. The number of nitrogens with zero attached hydrogens (tertiary/aromatic N) is 3. The van der Waals surface area contributed by atoms with Crippen LogP contribution in [0.15, 0.2) is 39.2 Å². The highest BCUT2D eigenvalue weighted by Crippen LogP contribution is 2.34. The van der Waals surface area contributed by atoms with Crippen molar-refractivity contribution < 1.29 is 0 Å². The summed E-state index contributed by atoms with van der Waals surface area (Å²) in [6.07, 6.45) is 3.07. The Bertz CT molecular complexity index is 523. The normalized spacial score (nSPS) is 10.4. The monoisotopic (exact) mass is 316 g/mol. The first kappa shape index (κ1) is 11.6. The maximum atomic E-state index is 5.80. The van der Waals surface area contributed by atoms with Crippen LogP contribution in [0.5, 0.6) is 0 Å². The average molecular weight is 318 g/mol. The summed E-state index contributed by atoms with van der Waals surface area (Å²) in [5.41, 5.74) is 6.13. The number of aromatic nitrogens is 3. The smallest absolute Gasteiger partial charge is 0.156 e. The first-order chi connectivity index (χ1) is 7.68. The fourth-order valence-corrected chi connectivity index (χ4v) is 2.43. The van der Waals surface area contributed by atoms with Gasteiger partial charge in [-0.3, -0.25) is 0 Å². The largest absolute Gasteiger partial charge is 0.394 e. The molecular formula is C9H6BrClN4S. The van der Waals surface area contributed by atoms with Gasteiger partial charge in [0.2, 0.25) is 0 Å². The van der Waals surface area contributed by atoms with Crippen molar-refractivity contribution in [3.05, 3.63) is 34.3 Å². The van der Waals surface area contributed by atoms with E-state index in [4.69, 9.17) is 17.3 Å². The molecule has 82 valence electrons. The molecule has 2 heterocycles. The lowest BCUT2D eigenvalue weighted by atomic mass is 10.5. The summed E-state index contributed by atoms with van der Waals surface area (Å²) in [4.78, 5) is 12.0. The molecule has 0 fully saturated rings. The van der Waals surface area contributed by atoms with E-state index >= 15 is 0 Å². The predicted molar refractivity (Wildman–Crippen MR) is 67.5 cm³/mol. The summed E-state index contributed by atoms with van der Waals surface area (Å²) in [5.74, 6) is 0. The fraction of sp³-hybridized carbons (Fsp3) is 0. The number of hydrogen-bond donors (Lipinski definition) is 1. The molecule has 0 aliphatic rings. The van der Waals surface area contributed by atoms with Crippen LogP contribution in [0.2, 0.25) is 5.15 Å². The number of halogens is 2. The third-order valence-electron chi connectivity index (χ3n) is 1.72. The molecular weight excluding hydrogens is 312 g/mol. The molecule has 4 nitrogen and oxygen atoms in total. The summed E-state index contributed by atoms with van der Waals surface area (Å²) in [6, 6.07) is 3.73. The van der Waals surface area contributed by atoms with Crippen molar-refractivity contribution in [1.82, 2.24) is 15.0 Å². The fourth-order valence-electron chi connectivity index (χ4n) is 0.979. The zero-order valence-electron chi connectivity index (χ0n) is 7.89. The van der Waals surface area contributed by atoms with Crippen molar-refractivity contribution in [1.29, 1.82) is 0 Å². The van der Waals surface area contributed by atoms with Gasteiger partial charge in [0.25, 0.3) is 0 Å². The summed E-state index contributed by atoms with van der Waals surface area (Å²) in [7, 11) is 0. The molecule has 0 aliphatic heterocycles. The van der Waals surface area contributed by atoms with Crippen LogP contribution in [0.4, 0.5) is 5.69 Å². The van der Waals surface area contributed by atoms with E-state index in [1.807, 2.05) is 12.1 Å². The van der Waals surface area contributed by atoms with Gasteiger partial charge < -0.3 is 5.73 Å². The van der Waals surface area contributed by atoms with E-state index in [1.165, 1.54) is 18.1 Å². The van der Waals surface area contributed by atoms with Gasteiger partial charge in [0.05, 0.1) is 4.47 Å². The Hall–Kier alpha value is -0.850. The first-order valence-electron chi connectivity index (χ1n) is 4.23. The summed E-state index contributed by atoms with van der Waals surface area (Å²) < 4.78 is 0.883. The van der Waals surface area contributed by atoms with Crippen LogP contribution in [0.25, 0.3) is 0 Å². The van der Waals surface area contributed by atoms with E-state index in [0.717, 1.165) is 9.50 Å². The lowest BCUT2D eigenvalue weighted by Gasteiger charge is -2.05. The van der Waals surface area contributed by atoms with E-state index in [2.05, 4.69) is 30.9 Å². The summed E-state index contributed by atoms with van der Waals surface area (Å²) >= 11 is 10.5. The van der Waals surface area contributed by atoms with Crippen LogP contribution in [0.3, 0.4) is 0 Å². The molecule has 2 aromatic rings. The number of rotatable bonds is 2. The highest BCUT2D eigenvalue weighted by molar-refractivity contribution is 9.10. The van der Waals surface area contributed by atoms with Gasteiger partial charge in [-0.25, -0.2) is 15.0 Å². The number of nitrogen functional groups attached to an aromatic ring is 1. The van der Waals surface area contributed by atoms with Gasteiger partial charge in [-0.15, -0.1) is 0 Å². The molecule has 2 rings (SSSR count). The van der Waals surface area contributed by atoms with Gasteiger partial charge in [-0.1, -0.05) is 11.6 Å². The van der Waals surface area contributed by atoms with Crippen molar-refractivity contribution >= 4 is 45.0 Å². The highest BCUT2D eigenvalue weighted by Gasteiger charge is 2.10. The maximum Gasteiger partial charge on any atom is 0.156 e. The number of pyridine rings is 1. The second-order valence-corrected chi connectivity index (χ2v) is 4.97. The standard InChI is InChI=1S/C9H6BrClN4S/c10-5-2-1-3-13-8(5)16-9-6(12)7(11)14-4-15-9/h1-4H,12H2. The van der Waals surface area contributed by atoms with Crippen LogP contribution in [0, 0.1) is 0 Å². The van der Waals surface area contributed by atoms with Crippen molar-refractivity contribution in [2.45, 2.75) is 10.1 Å². The van der Waals surface area contributed by atoms with Gasteiger partial charge >= 0.3 is 0 Å². The molecule has 0 atom stereocenters. The second kappa shape index (κ2) is 4.99. The Morgan fingerprint density at radius 1 is 1.25 bits per heavy atom. The lowest BCUT2D eigenvalue weighted by molar-refractivity contribution is 1.04. The Morgan fingerprint density at radius 2 is 2.06 bits per heavy atom. The molecule has 0 bridgehead atoms. The zero-order chi connectivity index (χ0) is 11.5. The quantitative estimate of drug-likeness (QED) is 0.863. The van der Waals surface area contributed by atoms with E-state index in [-0.39, 0.29) is 5.15 Å². The SMILES string of the molecule is Nc1c(Cl)ncnc1Sc1ncccc1Br. The molecule has 0 amide bonds. The minimum Gasteiger partial charge on any atom is -0.394 e. The van der Waals surface area contributed by atoms with Crippen molar-refractivity contribution in [3.8, 4) is 0 Å². The van der Waals surface area contributed by atoms with Crippen LogP contribution < -0.4 is 5.73 Å². The van der Waals surface area contributed by atoms with E-state index in [1.54, 1.807) is 6.20 Å². The van der Waals surface area contributed by atoms with Crippen LogP contribution in [-0.4, -0.2) is 15.0 Å². The molecule has 2 aromatic heterocycles. The number of hydrogen-bond acceptors (Lipinski definition) is 5. The molecule has 0 radical (unpaired) electrons. The van der Waals surface area contributed by atoms with Gasteiger partial charge in [0, 0.05) is 6.20 Å². The van der Waals surface area contributed by atoms with Crippen LogP contribution in [-0.2, 0) is 0 Å².